The fraction of sp³-hybridized carbons (Fsp3) is 1.00. The SMILES string of the molecule is CCCCCCN1CCCCC1CCC.O=S(=O)(O)C(F)(F)F. The van der Waals surface area contributed by atoms with Gasteiger partial charge in [-0.25, -0.2) is 0 Å². The highest BCUT2D eigenvalue weighted by Gasteiger charge is 2.44. The summed E-state index contributed by atoms with van der Waals surface area (Å²) in [6, 6.07) is 0.922. The fourth-order valence-electron chi connectivity index (χ4n) is 2.76. The van der Waals surface area contributed by atoms with Crippen molar-refractivity contribution in [3.63, 3.8) is 0 Å². The summed E-state index contributed by atoms with van der Waals surface area (Å²) in [7, 11) is -5.84. The second-order valence-electron chi connectivity index (χ2n) is 5.96. The number of nitrogens with zero attached hydrogens (tertiary/aromatic N) is 1. The molecule has 1 aliphatic heterocycles. The van der Waals surface area contributed by atoms with Gasteiger partial charge in [-0.1, -0.05) is 46.0 Å². The van der Waals surface area contributed by atoms with E-state index in [4.69, 9.17) is 13.0 Å². The quantitative estimate of drug-likeness (QED) is 0.408. The third-order valence-corrected chi connectivity index (χ3v) is 4.55. The molecular weight excluding hydrogens is 331 g/mol. The van der Waals surface area contributed by atoms with Crippen LogP contribution in [0.1, 0.15) is 71.6 Å². The zero-order valence-electron chi connectivity index (χ0n) is 14.1. The number of hydrogen-bond acceptors (Lipinski definition) is 3. The summed E-state index contributed by atoms with van der Waals surface area (Å²) < 4.78 is 57.5. The Morgan fingerprint density at radius 2 is 1.70 bits per heavy atom. The number of unbranched alkanes of at least 4 members (excludes halogenated alkanes) is 3. The molecule has 1 unspecified atom stereocenters. The van der Waals surface area contributed by atoms with E-state index in [-0.39, 0.29) is 0 Å². The average molecular weight is 361 g/mol. The Morgan fingerprint density at radius 3 is 2.17 bits per heavy atom. The third-order valence-electron chi connectivity index (χ3n) is 3.96. The van der Waals surface area contributed by atoms with Crippen LogP contribution in [-0.4, -0.2) is 42.5 Å². The zero-order chi connectivity index (χ0) is 17.9. The van der Waals surface area contributed by atoms with Crippen LogP contribution in [0.2, 0.25) is 0 Å². The topological polar surface area (TPSA) is 57.6 Å². The van der Waals surface area contributed by atoms with Crippen LogP contribution in [0.3, 0.4) is 0 Å². The van der Waals surface area contributed by atoms with E-state index in [1.165, 1.54) is 70.9 Å². The van der Waals surface area contributed by atoms with Gasteiger partial charge in [-0.2, -0.15) is 21.6 Å². The molecule has 1 atom stereocenters. The molecule has 0 aliphatic carbocycles. The minimum absolute atomic E-state index is 0.922. The lowest BCUT2D eigenvalue weighted by atomic mass is 9.98. The first-order chi connectivity index (χ1) is 10.6. The summed E-state index contributed by atoms with van der Waals surface area (Å²) in [6.45, 7) is 7.35. The molecule has 0 aromatic carbocycles. The van der Waals surface area contributed by atoms with E-state index in [1.54, 1.807) is 0 Å². The summed E-state index contributed by atoms with van der Waals surface area (Å²) >= 11 is 0. The number of alkyl halides is 3. The molecule has 0 aromatic rings. The van der Waals surface area contributed by atoms with Gasteiger partial charge < -0.3 is 4.90 Å². The lowest BCUT2D eigenvalue weighted by Crippen LogP contribution is -2.39. The lowest BCUT2D eigenvalue weighted by molar-refractivity contribution is -0.0510. The maximum Gasteiger partial charge on any atom is 0.522 e. The van der Waals surface area contributed by atoms with Crippen LogP contribution in [0.5, 0.6) is 0 Å². The molecular formula is C15H30F3NO3S. The van der Waals surface area contributed by atoms with E-state index in [2.05, 4.69) is 18.7 Å². The number of piperidine rings is 1. The van der Waals surface area contributed by atoms with Gasteiger partial charge in [0.1, 0.15) is 0 Å². The molecule has 0 aromatic heterocycles. The Hall–Kier alpha value is -0.340. The predicted octanol–water partition coefficient (Wildman–Crippen LogP) is 4.62. The molecule has 1 aliphatic rings. The van der Waals surface area contributed by atoms with Gasteiger partial charge >= 0.3 is 15.6 Å². The first-order valence-corrected chi connectivity index (χ1v) is 9.85. The van der Waals surface area contributed by atoms with Gasteiger partial charge in [-0.05, 0) is 38.8 Å². The van der Waals surface area contributed by atoms with E-state index in [0.29, 0.717) is 0 Å². The van der Waals surface area contributed by atoms with E-state index in [1.807, 2.05) is 0 Å². The summed E-state index contributed by atoms with van der Waals surface area (Å²) in [4.78, 5) is 2.77. The van der Waals surface area contributed by atoms with Crippen LogP contribution in [-0.2, 0) is 10.1 Å². The van der Waals surface area contributed by atoms with Gasteiger partial charge in [0.15, 0.2) is 0 Å². The molecule has 0 spiro atoms. The zero-order valence-corrected chi connectivity index (χ0v) is 14.9. The largest absolute Gasteiger partial charge is 0.522 e. The smallest absolute Gasteiger partial charge is 0.300 e. The van der Waals surface area contributed by atoms with Crippen molar-refractivity contribution in [2.45, 2.75) is 83.2 Å². The van der Waals surface area contributed by atoms with Gasteiger partial charge in [0.05, 0.1) is 0 Å². The van der Waals surface area contributed by atoms with Gasteiger partial charge in [0, 0.05) is 6.04 Å². The van der Waals surface area contributed by atoms with Crippen LogP contribution >= 0.6 is 0 Å². The molecule has 8 heteroatoms. The summed E-state index contributed by atoms with van der Waals surface area (Å²) in [6.07, 6.45) is 12.8. The van der Waals surface area contributed by atoms with Crippen LogP contribution in [0.15, 0.2) is 0 Å². The molecule has 1 saturated heterocycles. The highest BCUT2D eigenvalue weighted by molar-refractivity contribution is 7.86. The Labute approximate surface area is 138 Å². The minimum Gasteiger partial charge on any atom is -0.300 e. The monoisotopic (exact) mass is 361 g/mol. The highest BCUT2D eigenvalue weighted by atomic mass is 32.2. The molecule has 1 fully saturated rings. The normalized spacial score (nSPS) is 20.0. The Morgan fingerprint density at radius 1 is 1.09 bits per heavy atom. The Kier molecular flexibility index (Phi) is 11.1. The standard InChI is InChI=1S/C14H29N.CHF3O3S/c1-3-5-6-8-12-15-13-9-7-11-14(15)10-4-2;2-1(3,4)8(5,6)7/h14H,3-13H2,1-2H3;(H,5,6,7). The molecule has 1 rings (SSSR count). The third kappa shape index (κ3) is 10.2. The lowest BCUT2D eigenvalue weighted by Gasteiger charge is -2.35. The van der Waals surface area contributed by atoms with Crippen molar-refractivity contribution in [1.29, 1.82) is 0 Å². The van der Waals surface area contributed by atoms with E-state index in [9.17, 15) is 13.2 Å². The Bertz CT molecular complexity index is 397. The van der Waals surface area contributed by atoms with E-state index in [0.717, 1.165) is 6.04 Å². The predicted molar refractivity (Wildman–Crippen MR) is 85.9 cm³/mol. The maximum absolute atomic E-state index is 10.7. The molecule has 0 saturated carbocycles. The minimum atomic E-state index is -5.84. The van der Waals surface area contributed by atoms with Crippen LogP contribution in [0.25, 0.3) is 0 Å². The van der Waals surface area contributed by atoms with Gasteiger partial charge in [0.2, 0.25) is 0 Å². The number of likely N-dealkylation sites (tertiary alicyclic amines) is 1. The second kappa shape index (κ2) is 11.3. The number of halogens is 3. The highest BCUT2D eigenvalue weighted by Crippen LogP contribution is 2.21. The van der Waals surface area contributed by atoms with Crippen molar-refractivity contribution in [2.75, 3.05) is 13.1 Å². The second-order valence-corrected chi connectivity index (χ2v) is 7.37. The Balaban J connectivity index is 0.000000515. The van der Waals surface area contributed by atoms with E-state index < -0.39 is 15.6 Å². The van der Waals surface area contributed by atoms with Crippen molar-refractivity contribution >= 4 is 10.1 Å². The van der Waals surface area contributed by atoms with Crippen molar-refractivity contribution in [3.8, 4) is 0 Å². The molecule has 23 heavy (non-hydrogen) atoms. The number of hydrogen-bond donors (Lipinski definition) is 1. The summed E-state index contributed by atoms with van der Waals surface area (Å²) in [5, 5.41) is 0. The van der Waals surface area contributed by atoms with Crippen molar-refractivity contribution in [2.24, 2.45) is 0 Å². The molecule has 4 nitrogen and oxygen atoms in total. The number of rotatable bonds is 7. The fourth-order valence-corrected chi connectivity index (χ4v) is 2.76. The van der Waals surface area contributed by atoms with Crippen molar-refractivity contribution in [1.82, 2.24) is 4.90 Å². The molecule has 140 valence electrons. The van der Waals surface area contributed by atoms with Crippen LogP contribution in [0.4, 0.5) is 13.2 Å². The first-order valence-electron chi connectivity index (χ1n) is 8.41. The summed E-state index contributed by atoms with van der Waals surface area (Å²) in [5.41, 5.74) is -5.53. The van der Waals surface area contributed by atoms with Crippen molar-refractivity contribution in [3.05, 3.63) is 0 Å². The molecule has 1 heterocycles. The van der Waals surface area contributed by atoms with Gasteiger partial charge in [0.25, 0.3) is 0 Å². The van der Waals surface area contributed by atoms with Crippen molar-refractivity contribution < 1.29 is 26.1 Å². The van der Waals surface area contributed by atoms with Gasteiger partial charge in [-0.15, -0.1) is 0 Å². The average Bonchev–Trinajstić information content (AvgIpc) is 2.44. The van der Waals surface area contributed by atoms with Crippen LogP contribution in [0, 0.1) is 0 Å². The molecule has 0 bridgehead atoms. The molecule has 1 N–H and O–H groups in total. The van der Waals surface area contributed by atoms with E-state index >= 15 is 0 Å². The van der Waals surface area contributed by atoms with Gasteiger partial charge in [-0.3, -0.25) is 4.55 Å². The maximum atomic E-state index is 10.7. The molecule has 0 amide bonds. The first kappa shape index (κ1) is 22.7. The summed E-state index contributed by atoms with van der Waals surface area (Å²) in [5.74, 6) is 0. The van der Waals surface area contributed by atoms with Crippen LogP contribution < -0.4 is 0 Å². The molecule has 0 radical (unpaired) electrons.